The minimum atomic E-state index is 0.0265. The number of nitrogens with one attached hydrogen (secondary N) is 2. The molecule has 126 valence electrons. The summed E-state index contributed by atoms with van der Waals surface area (Å²) in [5, 5.41) is 6.41. The van der Waals surface area contributed by atoms with Crippen molar-refractivity contribution in [2.45, 2.75) is 43.9 Å². The quantitative estimate of drug-likeness (QED) is 0.775. The number of carbonyl (C=O) groups excluding carboxylic acids is 1. The smallest absolute Gasteiger partial charge is 0.233 e. The lowest BCUT2D eigenvalue weighted by Gasteiger charge is -2.31. The van der Waals surface area contributed by atoms with E-state index in [1.165, 1.54) is 31.2 Å². The number of hydrogen-bond donors (Lipinski definition) is 2. The fraction of sp³-hybridized carbons (Fsp3) is 0.632. The van der Waals surface area contributed by atoms with E-state index in [0.717, 1.165) is 31.1 Å². The summed E-state index contributed by atoms with van der Waals surface area (Å²) in [6.07, 6.45) is 7.28. The molecule has 2 N–H and O–H groups in total. The van der Waals surface area contributed by atoms with Gasteiger partial charge in [0, 0.05) is 17.5 Å². The Morgan fingerprint density at radius 1 is 1.26 bits per heavy atom. The van der Waals surface area contributed by atoms with Crippen molar-refractivity contribution in [3.8, 4) is 5.75 Å². The van der Waals surface area contributed by atoms with Crippen LogP contribution in [-0.2, 0) is 10.2 Å². The predicted molar refractivity (Wildman–Crippen MR) is 91.7 cm³/mol. The van der Waals surface area contributed by atoms with Crippen LogP contribution in [0, 0.1) is 5.92 Å². The van der Waals surface area contributed by atoms with E-state index in [-0.39, 0.29) is 11.3 Å². The standard InChI is InChI=1S/C19H28N2O2/c1-23-17-7-3-2-6-16(17)19(10-4-5-11-19)14-21-18(22)13-20-12-15-8-9-15/h2-3,6-7,15,20H,4-5,8-14H2,1H3,(H,21,22). The highest BCUT2D eigenvalue weighted by Crippen LogP contribution is 2.44. The van der Waals surface area contributed by atoms with E-state index in [1.807, 2.05) is 12.1 Å². The SMILES string of the molecule is COc1ccccc1C1(CNC(=O)CNCC2CC2)CCCC1. The fourth-order valence-electron chi connectivity index (χ4n) is 3.72. The molecule has 1 amide bonds. The van der Waals surface area contributed by atoms with E-state index in [1.54, 1.807) is 7.11 Å². The van der Waals surface area contributed by atoms with Gasteiger partial charge < -0.3 is 15.4 Å². The Morgan fingerprint density at radius 3 is 2.70 bits per heavy atom. The minimum absolute atomic E-state index is 0.0265. The van der Waals surface area contributed by atoms with Gasteiger partial charge in [0.25, 0.3) is 0 Å². The summed E-state index contributed by atoms with van der Waals surface area (Å²) < 4.78 is 5.56. The molecular formula is C19H28N2O2. The number of hydrogen-bond acceptors (Lipinski definition) is 3. The Kier molecular flexibility index (Phi) is 5.21. The molecule has 1 aromatic rings. The summed E-state index contributed by atoms with van der Waals surface area (Å²) in [5.41, 5.74) is 1.27. The van der Waals surface area contributed by atoms with Crippen molar-refractivity contribution in [1.82, 2.24) is 10.6 Å². The highest BCUT2D eigenvalue weighted by atomic mass is 16.5. The molecule has 1 aromatic carbocycles. The monoisotopic (exact) mass is 316 g/mol. The molecule has 0 radical (unpaired) electrons. The first-order chi connectivity index (χ1) is 11.2. The Morgan fingerprint density at radius 2 is 2.00 bits per heavy atom. The van der Waals surface area contributed by atoms with Crippen LogP contribution in [0.3, 0.4) is 0 Å². The van der Waals surface area contributed by atoms with Gasteiger partial charge in [0.1, 0.15) is 5.75 Å². The second-order valence-corrected chi connectivity index (χ2v) is 7.04. The molecule has 4 nitrogen and oxygen atoms in total. The molecule has 2 aliphatic carbocycles. The molecule has 0 unspecified atom stereocenters. The fourth-order valence-corrected chi connectivity index (χ4v) is 3.72. The topological polar surface area (TPSA) is 50.4 Å². The molecule has 0 atom stereocenters. The van der Waals surface area contributed by atoms with E-state index in [2.05, 4.69) is 22.8 Å². The zero-order valence-electron chi connectivity index (χ0n) is 14.1. The van der Waals surface area contributed by atoms with Gasteiger partial charge in [-0.3, -0.25) is 4.79 Å². The van der Waals surface area contributed by atoms with Crippen molar-refractivity contribution in [1.29, 1.82) is 0 Å². The first-order valence-electron chi connectivity index (χ1n) is 8.84. The maximum atomic E-state index is 12.1. The third-order valence-corrected chi connectivity index (χ3v) is 5.28. The van der Waals surface area contributed by atoms with Crippen molar-refractivity contribution >= 4 is 5.91 Å². The van der Waals surface area contributed by atoms with Gasteiger partial charge in [0.05, 0.1) is 13.7 Å². The van der Waals surface area contributed by atoms with Crippen molar-refractivity contribution < 1.29 is 9.53 Å². The molecule has 2 aliphatic rings. The summed E-state index contributed by atoms with van der Waals surface area (Å²) >= 11 is 0. The zero-order chi connectivity index (χ0) is 16.1. The number of rotatable bonds is 8. The highest BCUT2D eigenvalue weighted by Gasteiger charge is 2.37. The van der Waals surface area contributed by atoms with Gasteiger partial charge in [0.2, 0.25) is 5.91 Å². The van der Waals surface area contributed by atoms with Crippen molar-refractivity contribution in [3.63, 3.8) is 0 Å². The molecule has 2 saturated carbocycles. The molecule has 23 heavy (non-hydrogen) atoms. The lowest BCUT2D eigenvalue weighted by Crippen LogP contribution is -2.42. The molecular weight excluding hydrogens is 288 g/mol. The second kappa shape index (κ2) is 7.35. The largest absolute Gasteiger partial charge is 0.496 e. The molecule has 0 saturated heterocycles. The molecule has 0 aliphatic heterocycles. The van der Waals surface area contributed by atoms with Crippen LogP contribution in [0.5, 0.6) is 5.75 Å². The molecule has 0 spiro atoms. The molecule has 0 heterocycles. The van der Waals surface area contributed by atoms with E-state index in [4.69, 9.17) is 4.74 Å². The Hall–Kier alpha value is -1.55. The summed E-state index contributed by atoms with van der Waals surface area (Å²) in [4.78, 5) is 12.1. The van der Waals surface area contributed by atoms with E-state index in [0.29, 0.717) is 13.1 Å². The first-order valence-corrected chi connectivity index (χ1v) is 8.84. The van der Waals surface area contributed by atoms with Crippen LogP contribution in [0.15, 0.2) is 24.3 Å². The van der Waals surface area contributed by atoms with Crippen LogP contribution in [0.25, 0.3) is 0 Å². The average Bonchev–Trinajstić information content (AvgIpc) is 3.28. The summed E-state index contributed by atoms with van der Waals surface area (Å²) in [5.74, 6) is 1.85. The summed E-state index contributed by atoms with van der Waals surface area (Å²) in [7, 11) is 1.72. The maximum absolute atomic E-state index is 12.1. The van der Waals surface area contributed by atoms with Gasteiger partial charge in [-0.25, -0.2) is 0 Å². The second-order valence-electron chi connectivity index (χ2n) is 7.04. The number of para-hydroxylation sites is 1. The third kappa shape index (κ3) is 4.05. The lowest BCUT2D eigenvalue weighted by molar-refractivity contribution is -0.120. The first kappa shape index (κ1) is 16.3. The Balaban J connectivity index is 1.60. The zero-order valence-corrected chi connectivity index (χ0v) is 14.1. The van der Waals surface area contributed by atoms with Gasteiger partial charge in [-0.1, -0.05) is 31.0 Å². The Labute approximate surface area is 139 Å². The van der Waals surface area contributed by atoms with Crippen LogP contribution < -0.4 is 15.4 Å². The molecule has 3 rings (SSSR count). The average molecular weight is 316 g/mol. The van der Waals surface area contributed by atoms with Crippen LogP contribution in [0.4, 0.5) is 0 Å². The summed E-state index contributed by atoms with van der Waals surface area (Å²) in [6.45, 7) is 2.11. The van der Waals surface area contributed by atoms with E-state index >= 15 is 0 Å². The number of carbonyl (C=O) groups is 1. The minimum Gasteiger partial charge on any atom is -0.496 e. The Bertz CT molecular complexity index is 534. The molecule has 4 heteroatoms. The number of ether oxygens (including phenoxy) is 1. The predicted octanol–water partition coefficient (Wildman–Crippen LogP) is 2.62. The number of methoxy groups -OCH3 is 1. The molecule has 0 aromatic heterocycles. The van der Waals surface area contributed by atoms with Gasteiger partial charge in [-0.2, -0.15) is 0 Å². The highest BCUT2D eigenvalue weighted by molar-refractivity contribution is 5.78. The normalized spacial score (nSPS) is 19.5. The van der Waals surface area contributed by atoms with Crippen LogP contribution in [-0.4, -0.2) is 32.7 Å². The maximum Gasteiger partial charge on any atom is 0.233 e. The lowest BCUT2D eigenvalue weighted by atomic mass is 9.78. The van der Waals surface area contributed by atoms with E-state index < -0.39 is 0 Å². The van der Waals surface area contributed by atoms with Gasteiger partial charge >= 0.3 is 0 Å². The van der Waals surface area contributed by atoms with Gasteiger partial charge in [-0.05, 0) is 44.2 Å². The van der Waals surface area contributed by atoms with Crippen molar-refractivity contribution in [2.24, 2.45) is 5.92 Å². The summed E-state index contributed by atoms with van der Waals surface area (Å²) in [6, 6.07) is 8.25. The number of amides is 1. The van der Waals surface area contributed by atoms with Crippen molar-refractivity contribution in [3.05, 3.63) is 29.8 Å². The number of benzene rings is 1. The van der Waals surface area contributed by atoms with Crippen LogP contribution in [0.2, 0.25) is 0 Å². The van der Waals surface area contributed by atoms with Gasteiger partial charge in [0.15, 0.2) is 0 Å². The van der Waals surface area contributed by atoms with Crippen molar-refractivity contribution in [2.75, 3.05) is 26.7 Å². The molecule has 0 bridgehead atoms. The molecule has 2 fully saturated rings. The van der Waals surface area contributed by atoms with Crippen LogP contribution in [0.1, 0.15) is 44.1 Å². The van der Waals surface area contributed by atoms with Crippen LogP contribution >= 0.6 is 0 Å². The van der Waals surface area contributed by atoms with Gasteiger partial charge in [-0.15, -0.1) is 0 Å². The third-order valence-electron chi connectivity index (χ3n) is 5.28. The van der Waals surface area contributed by atoms with E-state index in [9.17, 15) is 4.79 Å².